The van der Waals surface area contributed by atoms with Crippen molar-refractivity contribution in [2.75, 3.05) is 6.61 Å². The molecule has 0 saturated carbocycles. The standard InChI is InChI=1S/C14H23BN2O4/c1-6-19-11(18)9-10(12-16-7-8-17-12)15-20-13(2,3)14(4,5)21-15/h7-8,10H,6,9H2,1-5H3,(H,16,17). The summed E-state index contributed by atoms with van der Waals surface area (Å²) in [6, 6.07) is 0. The van der Waals surface area contributed by atoms with Crippen LogP contribution in [0.15, 0.2) is 12.4 Å². The van der Waals surface area contributed by atoms with Crippen LogP contribution in [0.1, 0.15) is 52.7 Å². The summed E-state index contributed by atoms with van der Waals surface area (Å²) in [5.74, 6) is 0.0651. The first kappa shape index (κ1) is 16.0. The van der Waals surface area contributed by atoms with Crippen LogP contribution in [0.3, 0.4) is 0 Å². The van der Waals surface area contributed by atoms with E-state index >= 15 is 0 Å². The third kappa shape index (κ3) is 3.29. The maximum absolute atomic E-state index is 11.9. The van der Waals surface area contributed by atoms with E-state index in [9.17, 15) is 4.79 Å². The lowest BCUT2D eigenvalue weighted by molar-refractivity contribution is -0.143. The molecule has 1 fully saturated rings. The highest BCUT2D eigenvalue weighted by molar-refractivity contribution is 6.47. The van der Waals surface area contributed by atoms with Crippen molar-refractivity contribution in [1.29, 1.82) is 0 Å². The largest absolute Gasteiger partial charge is 0.469 e. The molecule has 0 aromatic carbocycles. The third-order valence-electron chi connectivity index (χ3n) is 4.16. The summed E-state index contributed by atoms with van der Waals surface area (Å²) >= 11 is 0. The van der Waals surface area contributed by atoms with E-state index in [0.29, 0.717) is 12.4 Å². The van der Waals surface area contributed by atoms with E-state index in [4.69, 9.17) is 14.0 Å². The van der Waals surface area contributed by atoms with Crippen LogP contribution in [0, 0.1) is 0 Å². The van der Waals surface area contributed by atoms with Gasteiger partial charge in [0.1, 0.15) is 5.82 Å². The van der Waals surface area contributed by atoms with Gasteiger partial charge in [-0.1, -0.05) is 0 Å². The molecule has 6 nitrogen and oxygen atoms in total. The maximum atomic E-state index is 11.9. The van der Waals surface area contributed by atoms with Gasteiger partial charge in [-0.2, -0.15) is 0 Å². The fourth-order valence-electron chi connectivity index (χ4n) is 2.25. The van der Waals surface area contributed by atoms with Gasteiger partial charge in [-0.3, -0.25) is 4.79 Å². The number of carbonyl (C=O) groups excluding carboxylic acids is 1. The van der Waals surface area contributed by atoms with Crippen LogP contribution in [-0.4, -0.2) is 40.9 Å². The van der Waals surface area contributed by atoms with Crippen LogP contribution in [0.5, 0.6) is 0 Å². The molecular formula is C14H23BN2O4. The van der Waals surface area contributed by atoms with Gasteiger partial charge in [0.2, 0.25) is 0 Å². The number of nitrogens with zero attached hydrogens (tertiary/aromatic N) is 1. The minimum atomic E-state index is -0.537. The van der Waals surface area contributed by atoms with Gasteiger partial charge in [0.15, 0.2) is 0 Å². The first-order chi connectivity index (χ1) is 9.77. The van der Waals surface area contributed by atoms with Crippen LogP contribution in [0.25, 0.3) is 0 Å². The molecule has 1 aliphatic heterocycles. The Morgan fingerprint density at radius 3 is 2.48 bits per heavy atom. The number of ether oxygens (including phenoxy) is 1. The zero-order valence-corrected chi connectivity index (χ0v) is 13.3. The Bertz CT molecular complexity index is 471. The van der Waals surface area contributed by atoms with Crippen LogP contribution >= 0.6 is 0 Å². The molecule has 1 unspecified atom stereocenters. The average molecular weight is 294 g/mol. The fraction of sp³-hybridized carbons (Fsp3) is 0.714. The van der Waals surface area contributed by atoms with E-state index in [0.717, 1.165) is 0 Å². The van der Waals surface area contributed by atoms with Gasteiger partial charge in [0, 0.05) is 12.4 Å². The molecule has 2 heterocycles. The van der Waals surface area contributed by atoms with E-state index < -0.39 is 18.3 Å². The molecule has 1 aromatic heterocycles. The smallest absolute Gasteiger partial charge is 0.466 e. The molecule has 1 aromatic rings. The average Bonchev–Trinajstić information content (AvgIpc) is 2.94. The van der Waals surface area contributed by atoms with E-state index in [-0.39, 0.29) is 18.2 Å². The maximum Gasteiger partial charge on any atom is 0.469 e. The molecule has 2 rings (SSSR count). The Morgan fingerprint density at radius 1 is 1.38 bits per heavy atom. The van der Waals surface area contributed by atoms with Crippen LogP contribution in [0.2, 0.25) is 0 Å². The number of imidazole rings is 1. The van der Waals surface area contributed by atoms with E-state index in [1.54, 1.807) is 19.3 Å². The zero-order valence-electron chi connectivity index (χ0n) is 13.3. The SMILES string of the molecule is CCOC(=O)CC(B1OC(C)(C)C(C)(C)O1)c1ncc[nH]1. The number of nitrogens with one attached hydrogen (secondary N) is 1. The molecule has 0 spiro atoms. The highest BCUT2D eigenvalue weighted by atomic mass is 16.7. The summed E-state index contributed by atoms with van der Waals surface area (Å²) in [4.78, 5) is 19.1. The van der Waals surface area contributed by atoms with Crippen LogP contribution in [-0.2, 0) is 18.8 Å². The second-order valence-electron chi connectivity index (χ2n) is 6.21. The quantitative estimate of drug-likeness (QED) is 0.665. The van der Waals surface area contributed by atoms with Gasteiger partial charge < -0.3 is 19.0 Å². The molecule has 1 aliphatic rings. The minimum absolute atomic E-state index is 0.165. The highest BCUT2D eigenvalue weighted by Crippen LogP contribution is 2.41. The van der Waals surface area contributed by atoms with Gasteiger partial charge in [-0.15, -0.1) is 0 Å². The first-order valence-corrected chi connectivity index (χ1v) is 7.27. The normalized spacial score (nSPS) is 21.3. The Hall–Kier alpha value is -1.34. The first-order valence-electron chi connectivity index (χ1n) is 7.27. The Morgan fingerprint density at radius 2 is 2.00 bits per heavy atom. The number of H-pyrrole nitrogens is 1. The summed E-state index contributed by atoms with van der Waals surface area (Å²) < 4.78 is 17.1. The summed E-state index contributed by atoms with van der Waals surface area (Å²) in [6.07, 6.45) is 3.54. The van der Waals surface area contributed by atoms with E-state index in [2.05, 4.69) is 9.97 Å². The van der Waals surface area contributed by atoms with Crippen molar-refractivity contribution in [1.82, 2.24) is 9.97 Å². The predicted molar refractivity (Wildman–Crippen MR) is 78.7 cm³/mol. The van der Waals surface area contributed by atoms with E-state index in [1.165, 1.54) is 0 Å². The monoisotopic (exact) mass is 294 g/mol. The number of aromatic amines is 1. The number of hydrogen-bond donors (Lipinski definition) is 1. The molecule has 1 N–H and O–H groups in total. The third-order valence-corrected chi connectivity index (χ3v) is 4.16. The molecule has 7 heteroatoms. The number of hydrogen-bond acceptors (Lipinski definition) is 5. The molecule has 0 aliphatic carbocycles. The molecule has 116 valence electrons. The molecule has 21 heavy (non-hydrogen) atoms. The van der Waals surface area contributed by atoms with Crippen LogP contribution < -0.4 is 0 Å². The topological polar surface area (TPSA) is 73.4 Å². The molecule has 0 amide bonds. The van der Waals surface area contributed by atoms with Crippen molar-refractivity contribution in [3.05, 3.63) is 18.2 Å². The Balaban J connectivity index is 2.19. The molecule has 1 atom stereocenters. The fourth-order valence-corrected chi connectivity index (χ4v) is 2.25. The van der Waals surface area contributed by atoms with Crippen LogP contribution in [0.4, 0.5) is 0 Å². The molecule has 0 radical (unpaired) electrons. The molecule has 0 bridgehead atoms. The lowest BCUT2D eigenvalue weighted by Crippen LogP contribution is -2.41. The number of esters is 1. The zero-order chi connectivity index (χ0) is 15.7. The van der Waals surface area contributed by atoms with Crippen molar-refractivity contribution in [2.24, 2.45) is 0 Å². The van der Waals surface area contributed by atoms with Gasteiger partial charge in [-0.05, 0) is 34.6 Å². The second-order valence-corrected chi connectivity index (χ2v) is 6.21. The number of carbonyl (C=O) groups is 1. The summed E-state index contributed by atoms with van der Waals surface area (Å²) in [5, 5.41) is 0. The van der Waals surface area contributed by atoms with E-state index in [1.807, 2.05) is 27.7 Å². The number of rotatable bonds is 5. The highest BCUT2D eigenvalue weighted by Gasteiger charge is 2.54. The number of aromatic nitrogens is 2. The van der Waals surface area contributed by atoms with Gasteiger partial charge in [0.25, 0.3) is 0 Å². The van der Waals surface area contributed by atoms with Crippen molar-refractivity contribution >= 4 is 13.1 Å². The summed E-state index contributed by atoms with van der Waals surface area (Å²) in [5.41, 5.74) is -0.895. The predicted octanol–water partition coefficient (Wildman–Crippen LogP) is 2.08. The summed E-state index contributed by atoms with van der Waals surface area (Å²) in [6.45, 7) is 10.1. The molecular weight excluding hydrogens is 271 g/mol. The lowest BCUT2D eigenvalue weighted by Gasteiger charge is -2.32. The summed E-state index contributed by atoms with van der Waals surface area (Å²) in [7, 11) is -0.537. The van der Waals surface area contributed by atoms with Gasteiger partial charge in [-0.25, -0.2) is 4.98 Å². The van der Waals surface area contributed by atoms with Gasteiger partial charge in [0.05, 0.1) is 30.0 Å². The minimum Gasteiger partial charge on any atom is -0.466 e. The lowest BCUT2D eigenvalue weighted by atomic mass is 9.69. The molecule has 1 saturated heterocycles. The van der Waals surface area contributed by atoms with Gasteiger partial charge >= 0.3 is 13.1 Å². The second kappa shape index (κ2) is 5.81. The van der Waals surface area contributed by atoms with Crippen molar-refractivity contribution in [2.45, 2.75) is 58.1 Å². The van der Waals surface area contributed by atoms with Crippen molar-refractivity contribution in [3.63, 3.8) is 0 Å². The Labute approximate surface area is 125 Å². The van der Waals surface area contributed by atoms with Crippen molar-refractivity contribution in [3.8, 4) is 0 Å². The Kier molecular flexibility index (Phi) is 4.44. The van der Waals surface area contributed by atoms with Crippen molar-refractivity contribution < 1.29 is 18.8 Å².